The molecule has 2 aromatic heterocycles. The Hall–Kier alpha value is -1.85. The zero-order chi connectivity index (χ0) is 16.7. The van der Waals surface area contributed by atoms with E-state index in [1.165, 1.54) is 0 Å². The van der Waals surface area contributed by atoms with Gasteiger partial charge in [0.15, 0.2) is 0 Å². The zero-order valence-electron chi connectivity index (χ0n) is 14.6. The Morgan fingerprint density at radius 3 is 2.54 bits per heavy atom. The van der Waals surface area contributed by atoms with Crippen LogP contribution in [0.15, 0.2) is 28.9 Å². The second kappa shape index (κ2) is 5.90. The highest BCUT2D eigenvalue weighted by atomic mass is 16.3. The van der Waals surface area contributed by atoms with Gasteiger partial charge in [-0.15, -0.1) is 0 Å². The lowest BCUT2D eigenvalue weighted by Gasteiger charge is -2.50. The van der Waals surface area contributed by atoms with Gasteiger partial charge in [0, 0.05) is 36.6 Å². The molecule has 3 aliphatic heterocycles. The molecule has 3 fully saturated rings. The molecular weight excluding hydrogens is 302 g/mol. The third-order valence-electron chi connectivity index (χ3n) is 5.92. The summed E-state index contributed by atoms with van der Waals surface area (Å²) in [5, 5.41) is 0. The highest BCUT2D eigenvalue weighted by molar-refractivity contribution is 5.98. The fourth-order valence-electron chi connectivity index (χ4n) is 4.24. The molecule has 5 nitrogen and oxygen atoms in total. The molecule has 0 saturated carbocycles. The van der Waals surface area contributed by atoms with E-state index < -0.39 is 0 Å². The van der Waals surface area contributed by atoms with Crippen LogP contribution in [-0.2, 0) is 6.54 Å². The van der Waals surface area contributed by atoms with E-state index in [9.17, 15) is 4.79 Å². The number of aryl methyl sites for hydroxylation is 1. The highest BCUT2D eigenvalue weighted by Gasteiger charge is 2.40. The maximum absolute atomic E-state index is 13.0. The molecule has 0 atom stereocenters. The van der Waals surface area contributed by atoms with Crippen molar-refractivity contribution in [3.8, 4) is 0 Å². The maximum atomic E-state index is 13.0. The molecule has 5 heterocycles. The Kier molecular flexibility index (Phi) is 3.85. The molecule has 0 spiro atoms. The van der Waals surface area contributed by atoms with Gasteiger partial charge in [0.05, 0.1) is 32.4 Å². The normalized spacial score (nSPS) is 26.0. The van der Waals surface area contributed by atoms with E-state index in [1.807, 2.05) is 12.1 Å². The summed E-state index contributed by atoms with van der Waals surface area (Å²) in [4.78, 5) is 15.5. The number of quaternary nitrogens is 1. The van der Waals surface area contributed by atoms with Crippen LogP contribution in [0.3, 0.4) is 0 Å². The first kappa shape index (κ1) is 15.7. The quantitative estimate of drug-likeness (QED) is 0.623. The minimum absolute atomic E-state index is 0.296. The van der Waals surface area contributed by atoms with Crippen LogP contribution in [0.1, 0.15) is 27.5 Å². The molecule has 5 rings (SSSR count). The summed E-state index contributed by atoms with van der Waals surface area (Å²) in [5.74, 6) is 1.22. The van der Waals surface area contributed by atoms with Crippen molar-refractivity contribution in [2.45, 2.75) is 20.4 Å². The summed E-state index contributed by atoms with van der Waals surface area (Å²) < 4.78 is 8.63. The molecule has 3 saturated heterocycles. The van der Waals surface area contributed by atoms with Gasteiger partial charge in [-0.2, -0.15) is 0 Å². The molecule has 2 bridgehead atoms. The predicted octanol–water partition coefficient (Wildman–Crippen LogP) is 2.07. The van der Waals surface area contributed by atoms with Crippen molar-refractivity contribution >= 4 is 5.78 Å². The van der Waals surface area contributed by atoms with Gasteiger partial charge >= 0.3 is 0 Å². The second-order valence-electron chi connectivity index (χ2n) is 7.39. The predicted molar refractivity (Wildman–Crippen MR) is 92.2 cm³/mol. The molecule has 2 aromatic rings. The number of Topliss-reactive ketones (excluding diaryl/α,β-unsaturated/α-hetero) is 1. The molecule has 0 radical (unpaired) electrons. The number of nitrogens with zero attached hydrogens (tertiary/aromatic N) is 3. The first-order valence-corrected chi connectivity index (χ1v) is 8.86. The largest absolute Gasteiger partial charge is 0.467 e. The molecule has 0 N–H and O–H groups in total. The number of rotatable bonds is 5. The summed E-state index contributed by atoms with van der Waals surface area (Å²) in [6.07, 6.45) is 1.70. The zero-order valence-corrected chi connectivity index (χ0v) is 14.6. The smallest absolute Gasteiger partial charge is 0.218 e. The molecule has 5 heteroatoms. The van der Waals surface area contributed by atoms with Crippen molar-refractivity contribution in [3.63, 3.8) is 0 Å². The van der Waals surface area contributed by atoms with Gasteiger partial charge in [0.1, 0.15) is 12.3 Å². The average Bonchev–Trinajstić information content (AvgIpc) is 3.20. The fourth-order valence-corrected chi connectivity index (χ4v) is 4.24. The van der Waals surface area contributed by atoms with Gasteiger partial charge in [-0.25, -0.2) is 0 Å². The van der Waals surface area contributed by atoms with Crippen LogP contribution in [-0.4, -0.2) is 65.5 Å². The van der Waals surface area contributed by atoms with Crippen molar-refractivity contribution in [2.75, 3.05) is 45.8 Å². The summed E-state index contributed by atoms with van der Waals surface area (Å²) in [5.41, 5.74) is 3.07. The van der Waals surface area contributed by atoms with E-state index in [0.717, 1.165) is 66.5 Å². The Balaban J connectivity index is 1.54. The molecule has 0 amide bonds. The van der Waals surface area contributed by atoms with Crippen LogP contribution in [0, 0.1) is 13.8 Å². The van der Waals surface area contributed by atoms with Gasteiger partial charge in [-0.3, -0.25) is 9.69 Å². The number of hydrogen-bond acceptors (Lipinski definition) is 3. The second-order valence-corrected chi connectivity index (χ2v) is 7.39. The Labute approximate surface area is 143 Å². The van der Waals surface area contributed by atoms with Gasteiger partial charge in [-0.1, -0.05) is 0 Å². The van der Waals surface area contributed by atoms with Crippen molar-refractivity contribution in [2.24, 2.45) is 0 Å². The van der Waals surface area contributed by atoms with Crippen LogP contribution in [0.4, 0.5) is 0 Å². The number of aromatic nitrogens is 1. The van der Waals surface area contributed by atoms with E-state index in [1.54, 1.807) is 6.26 Å². The number of ketones is 1. The third-order valence-corrected chi connectivity index (χ3v) is 5.92. The first-order chi connectivity index (χ1) is 11.6. The van der Waals surface area contributed by atoms with Gasteiger partial charge < -0.3 is 13.5 Å². The minimum Gasteiger partial charge on any atom is -0.467 e. The van der Waals surface area contributed by atoms with Crippen LogP contribution in [0.25, 0.3) is 0 Å². The lowest BCUT2D eigenvalue weighted by atomic mass is 10.1. The topological polar surface area (TPSA) is 38.4 Å². The molecular formula is C19H26N3O2+. The maximum Gasteiger partial charge on any atom is 0.218 e. The number of carbonyl (C=O) groups is 1. The highest BCUT2D eigenvalue weighted by Crippen LogP contribution is 2.23. The van der Waals surface area contributed by atoms with E-state index in [2.05, 4.69) is 29.4 Å². The van der Waals surface area contributed by atoms with Crippen LogP contribution in [0.2, 0.25) is 0 Å². The first-order valence-electron chi connectivity index (χ1n) is 8.86. The summed E-state index contributed by atoms with van der Waals surface area (Å²) in [6.45, 7) is 12.3. The lowest BCUT2D eigenvalue weighted by molar-refractivity contribution is -0.933. The Morgan fingerprint density at radius 1 is 1.21 bits per heavy atom. The molecule has 3 aliphatic rings. The van der Waals surface area contributed by atoms with Gasteiger partial charge in [0.2, 0.25) is 5.78 Å². The van der Waals surface area contributed by atoms with Crippen molar-refractivity contribution in [3.05, 3.63) is 47.2 Å². The number of hydrogen-bond donors (Lipinski definition) is 0. The van der Waals surface area contributed by atoms with Crippen molar-refractivity contribution in [1.82, 2.24) is 9.47 Å². The third kappa shape index (κ3) is 2.72. The lowest BCUT2D eigenvalue weighted by Crippen LogP contribution is -2.68. The van der Waals surface area contributed by atoms with Crippen molar-refractivity contribution in [1.29, 1.82) is 0 Å². The Bertz CT molecular complexity index is 723. The summed E-state index contributed by atoms with van der Waals surface area (Å²) >= 11 is 0. The summed E-state index contributed by atoms with van der Waals surface area (Å²) in [7, 11) is 0. The van der Waals surface area contributed by atoms with Crippen LogP contribution in [0.5, 0.6) is 0 Å². The van der Waals surface area contributed by atoms with E-state index in [-0.39, 0.29) is 0 Å². The monoisotopic (exact) mass is 328 g/mol. The molecule has 128 valence electrons. The average molecular weight is 328 g/mol. The van der Waals surface area contributed by atoms with Crippen LogP contribution < -0.4 is 0 Å². The molecule has 24 heavy (non-hydrogen) atoms. The number of furan rings is 1. The van der Waals surface area contributed by atoms with Crippen LogP contribution >= 0.6 is 0 Å². The number of carbonyl (C=O) groups excluding carboxylic acids is 1. The number of fused-ring (bicyclic) bond motifs is 3. The fraction of sp³-hybridized carbons (Fsp3) is 0.526. The Morgan fingerprint density at radius 2 is 1.92 bits per heavy atom. The summed E-state index contributed by atoms with van der Waals surface area (Å²) in [6, 6.07) is 5.94. The molecule has 0 unspecified atom stereocenters. The van der Waals surface area contributed by atoms with E-state index in [4.69, 9.17) is 4.42 Å². The standard InChI is InChI=1S/C19H26N3O2/c1-15-12-18(16(2)21(15)13-17-4-3-11-24-17)19(23)14-22-8-5-20(6-9-22)7-10-22/h3-4,11-12H,5-10,13-14H2,1-2H3/q+1. The van der Waals surface area contributed by atoms with Gasteiger partial charge in [0.25, 0.3) is 0 Å². The van der Waals surface area contributed by atoms with E-state index >= 15 is 0 Å². The minimum atomic E-state index is 0.296. The van der Waals surface area contributed by atoms with E-state index in [0.29, 0.717) is 18.9 Å². The molecule has 0 aromatic carbocycles. The molecule has 0 aliphatic carbocycles. The van der Waals surface area contributed by atoms with Crippen molar-refractivity contribution < 1.29 is 13.7 Å². The van der Waals surface area contributed by atoms with Gasteiger partial charge in [-0.05, 0) is 32.0 Å². The number of piperazine rings is 3. The SMILES string of the molecule is Cc1cc(C(=O)C[N+]23CCN(CC2)CC3)c(C)n1Cc1ccco1.